The van der Waals surface area contributed by atoms with Gasteiger partial charge in [-0.2, -0.15) is 0 Å². The molecule has 5 nitrogen and oxygen atoms in total. The van der Waals surface area contributed by atoms with E-state index in [0.717, 1.165) is 17.5 Å². The van der Waals surface area contributed by atoms with Crippen molar-refractivity contribution in [3.8, 4) is 0 Å². The lowest BCUT2D eigenvalue weighted by atomic mass is 9.94. The van der Waals surface area contributed by atoms with Gasteiger partial charge in [-0.15, -0.1) is 0 Å². The third-order valence-corrected chi connectivity index (χ3v) is 5.02. The van der Waals surface area contributed by atoms with E-state index in [0.29, 0.717) is 18.0 Å². The van der Waals surface area contributed by atoms with Crippen LogP contribution in [0.2, 0.25) is 5.02 Å². The zero-order valence-corrected chi connectivity index (χ0v) is 19.9. The Morgan fingerprint density at radius 3 is 2.29 bits per heavy atom. The fourth-order valence-electron chi connectivity index (χ4n) is 3.35. The SMILES string of the molecule is CC(C)(Cc1cccc(Cl)c1)NC[C@@H](O)[C@H](Cc1ccccc1)NC(=O)OC(C)(C)C. The predicted octanol–water partition coefficient (Wildman–Crippen LogP) is 4.75. The molecule has 2 aromatic carbocycles. The summed E-state index contributed by atoms with van der Waals surface area (Å²) in [5.41, 5.74) is 1.27. The number of carbonyl (C=O) groups excluding carboxylic acids is 1. The number of halogens is 1. The minimum Gasteiger partial charge on any atom is -0.444 e. The molecule has 0 saturated heterocycles. The Morgan fingerprint density at radius 2 is 1.68 bits per heavy atom. The van der Waals surface area contributed by atoms with Crippen molar-refractivity contribution in [1.29, 1.82) is 0 Å². The van der Waals surface area contributed by atoms with Crippen molar-refractivity contribution < 1.29 is 14.6 Å². The number of alkyl carbamates (subject to hydrolysis) is 1. The van der Waals surface area contributed by atoms with Crippen LogP contribution in [0, 0.1) is 0 Å². The third-order valence-electron chi connectivity index (χ3n) is 4.79. The average molecular weight is 447 g/mol. The van der Waals surface area contributed by atoms with Crippen molar-refractivity contribution in [2.45, 2.75) is 70.7 Å². The van der Waals surface area contributed by atoms with E-state index in [1.165, 1.54) is 0 Å². The smallest absolute Gasteiger partial charge is 0.407 e. The Balaban J connectivity index is 2.03. The first-order valence-electron chi connectivity index (χ1n) is 10.6. The van der Waals surface area contributed by atoms with Crippen molar-refractivity contribution >= 4 is 17.7 Å². The fraction of sp³-hybridized carbons (Fsp3) is 0.480. The van der Waals surface area contributed by atoms with Crippen molar-refractivity contribution in [1.82, 2.24) is 10.6 Å². The van der Waals surface area contributed by atoms with Gasteiger partial charge in [0.1, 0.15) is 5.60 Å². The molecule has 0 spiro atoms. The largest absolute Gasteiger partial charge is 0.444 e. The number of aliphatic hydroxyl groups excluding tert-OH is 1. The lowest BCUT2D eigenvalue weighted by Crippen LogP contribution is -2.53. The van der Waals surface area contributed by atoms with Crippen molar-refractivity contribution in [3.05, 3.63) is 70.7 Å². The Hall–Kier alpha value is -2.08. The number of benzene rings is 2. The van der Waals surface area contributed by atoms with E-state index in [2.05, 4.69) is 24.5 Å². The van der Waals surface area contributed by atoms with Crippen molar-refractivity contribution in [3.63, 3.8) is 0 Å². The summed E-state index contributed by atoms with van der Waals surface area (Å²) >= 11 is 6.10. The van der Waals surface area contributed by atoms with Crippen LogP contribution in [0.5, 0.6) is 0 Å². The van der Waals surface area contributed by atoms with Crippen LogP contribution in [0.1, 0.15) is 45.7 Å². The Morgan fingerprint density at radius 1 is 1.03 bits per heavy atom. The summed E-state index contributed by atoms with van der Waals surface area (Å²) in [6.45, 7) is 9.92. The standard InChI is InChI=1S/C25H35ClN2O3/c1-24(2,3)31-23(30)28-21(15-18-10-7-6-8-11-18)22(29)17-27-25(4,5)16-19-12-9-13-20(26)14-19/h6-14,21-22,27,29H,15-17H2,1-5H3,(H,28,30)/t21-,22+/m0/s1. The van der Waals surface area contributed by atoms with E-state index in [-0.39, 0.29) is 5.54 Å². The van der Waals surface area contributed by atoms with Gasteiger partial charge in [-0.05, 0) is 70.7 Å². The molecule has 6 heteroatoms. The van der Waals surface area contributed by atoms with Crippen LogP contribution >= 0.6 is 11.6 Å². The number of hydrogen-bond acceptors (Lipinski definition) is 4. The van der Waals surface area contributed by atoms with E-state index in [1.807, 2.05) is 75.4 Å². The van der Waals surface area contributed by atoms with E-state index in [1.54, 1.807) is 0 Å². The first-order valence-corrected chi connectivity index (χ1v) is 11.0. The van der Waals surface area contributed by atoms with Gasteiger partial charge in [-0.1, -0.05) is 54.1 Å². The highest BCUT2D eigenvalue weighted by Crippen LogP contribution is 2.17. The van der Waals surface area contributed by atoms with Gasteiger partial charge < -0.3 is 20.5 Å². The Kier molecular flexibility index (Phi) is 8.92. The van der Waals surface area contributed by atoms with E-state index in [4.69, 9.17) is 16.3 Å². The number of aliphatic hydroxyl groups is 1. The summed E-state index contributed by atoms with van der Waals surface area (Å²) in [5.74, 6) is 0. The van der Waals surface area contributed by atoms with Crippen LogP contribution in [-0.4, -0.2) is 41.0 Å². The molecule has 2 aromatic rings. The van der Waals surface area contributed by atoms with Crippen LogP contribution in [0.4, 0.5) is 4.79 Å². The summed E-state index contributed by atoms with van der Waals surface area (Å²) < 4.78 is 5.40. The molecule has 0 bridgehead atoms. The van der Waals surface area contributed by atoms with Crippen molar-refractivity contribution in [2.24, 2.45) is 0 Å². The number of carbonyl (C=O) groups is 1. The van der Waals surface area contributed by atoms with Gasteiger partial charge in [0.2, 0.25) is 0 Å². The second kappa shape index (κ2) is 11.0. The summed E-state index contributed by atoms with van der Waals surface area (Å²) in [5, 5.41) is 17.9. The molecule has 2 rings (SSSR count). The number of β-amino-alcohol motifs (C(OH)–C–C–N with tert-alkyl or cyclic N) is 1. The molecule has 0 aliphatic heterocycles. The van der Waals surface area contributed by atoms with Crippen LogP contribution in [-0.2, 0) is 17.6 Å². The second-order valence-corrected chi connectivity index (χ2v) is 10.0. The number of nitrogens with one attached hydrogen (secondary N) is 2. The molecule has 170 valence electrons. The molecule has 1 amide bonds. The Labute approximate surface area is 191 Å². The van der Waals surface area contributed by atoms with Gasteiger partial charge in [-0.3, -0.25) is 0 Å². The highest BCUT2D eigenvalue weighted by atomic mass is 35.5. The zero-order valence-electron chi connectivity index (χ0n) is 19.1. The van der Waals surface area contributed by atoms with E-state index < -0.39 is 23.8 Å². The third kappa shape index (κ3) is 9.72. The molecule has 0 aromatic heterocycles. The highest BCUT2D eigenvalue weighted by molar-refractivity contribution is 6.30. The molecule has 0 heterocycles. The van der Waals surface area contributed by atoms with Gasteiger partial charge in [-0.25, -0.2) is 4.79 Å². The van der Waals surface area contributed by atoms with E-state index >= 15 is 0 Å². The lowest BCUT2D eigenvalue weighted by Gasteiger charge is -2.31. The first kappa shape index (κ1) is 25.2. The van der Waals surface area contributed by atoms with Crippen LogP contribution < -0.4 is 10.6 Å². The molecule has 0 fully saturated rings. The predicted molar refractivity (Wildman–Crippen MR) is 127 cm³/mol. The maximum absolute atomic E-state index is 12.4. The van der Waals surface area contributed by atoms with Crippen LogP contribution in [0.25, 0.3) is 0 Å². The molecule has 0 saturated carbocycles. The molecule has 0 aliphatic carbocycles. The highest BCUT2D eigenvalue weighted by Gasteiger charge is 2.27. The normalized spacial score (nSPS) is 14.0. The minimum absolute atomic E-state index is 0.269. The average Bonchev–Trinajstić information content (AvgIpc) is 2.64. The molecule has 0 radical (unpaired) electrons. The maximum atomic E-state index is 12.4. The van der Waals surface area contributed by atoms with Crippen LogP contribution in [0.3, 0.4) is 0 Å². The van der Waals surface area contributed by atoms with Gasteiger partial charge in [0, 0.05) is 17.1 Å². The molecular weight excluding hydrogens is 412 g/mol. The van der Waals surface area contributed by atoms with Gasteiger partial charge in [0.05, 0.1) is 12.1 Å². The summed E-state index contributed by atoms with van der Waals surface area (Å²) in [4.78, 5) is 12.4. The molecular formula is C25H35ClN2O3. The summed E-state index contributed by atoms with van der Waals surface area (Å²) in [6, 6.07) is 17.1. The summed E-state index contributed by atoms with van der Waals surface area (Å²) in [6.07, 6.45) is -0.0853. The lowest BCUT2D eigenvalue weighted by molar-refractivity contribution is 0.0416. The van der Waals surface area contributed by atoms with E-state index in [9.17, 15) is 9.90 Å². The van der Waals surface area contributed by atoms with Crippen LogP contribution in [0.15, 0.2) is 54.6 Å². The van der Waals surface area contributed by atoms with Gasteiger partial charge in [0.15, 0.2) is 0 Å². The molecule has 3 N–H and O–H groups in total. The number of ether oxygens (including phenoxy) is 1. The molecule has 2 atom stereocenters. The maximum Gasteiger partial charge on any atom is 0.407 e. The number of amides is 1. The van der Waals surface area contributed by atoms with Gasteiger partial charge in [0.25, 0.3) is 0 Å². The summed E-state index contributed by atoms with van der Waals surface area (Å²) in [7, 11) is 0. The number of hydrogen-bond donors (Lipinski definition) is 3. The molecule has 0 unspecified atom stereocenters. The topological polar surface area (TPSA) is 70.6 Å². The zero-order chi connectivity index (χ0) is 23.1. The minimum atomic E-state index is -0.800. The molecule has 31 heavy (non-hydrogen) atoms. The fourth-order valence-corrected chi connectivity index (χ4v) is 3.57. The Bertz CT molecular complexity index is 834. The number of rotatable bonds is 9. The van der Waals surface area contributed by atoms with Crippen molar-refractivity contribution in [2.75, 3.05) is 6.54 Å². The second-order valence-electron chi connectivity index (χ2n) is 9.58. The molecule has 0 aliphatic rings. The monoisotopic (exact) mass is 446 g/mol. The van der Waals surface area contributed by atoms with Gasteiger partial charge >= 0.3 is 6.09 Å². The first-order chi connectivity index (χ1) is 14.4. The quantitative estimate of drug-likeness (QED) is 0.520.